The predicted octanol–water partition coefficient (Wildman–Crippen LogP) is -3.80. The summed E-state index contributed by atoms with van der Waals surface area (Å²) in [6.07, 6.45) is 2.45. The average molecular weight is 720 g/mol. The number of hydrazine groups is 1. The average Bonchev–Trinajstić information content (AvgIpc) is 3.06. The number of phosphoric ester groups is 1. The van der Waals surface area contributed by atoms with Crippen molar-refractivity contribution in [2.45, 2.75) is 31.7 Å². The molecule has 16 heteroatoms. The van der Waals surface area contributed by atoms with E-state index < -0.39 is 26.1 Å². The molecular formula is C34H36N5Na2O8P. The van der Waals surface area contributed by atoms with Crippen LogP contribution in [0, 0.1) is 0 Å². The molecule has 0 radical (unpaired) electrons. The van der Waals surface area contributed by atoms with Crippen molar-refractivity contribution in [3.05, 3.63) is 121 Å². The van der Waals surface area contributed by atoms with Crippen LogP contribution < -0.4 is 83.5 Å². The third kappa shape index (κ3) is 10.8. The first-order valence-corrected chi connectivity index (χ1v) is 16.7. The maximum Gasteiger partial charge on any atom is 1.00 e. The smallest absolute Gasteiger partial charge is 0.780 e. The van der Waals surface area contributed by atoms with Gasteiger partial charge in [0.25, 0.3) is 0 Å². The molecule has 252 valence electrons. The zero-order valence-corrected chi connectivity index (χ0v) is 33.1. The molecule has 2 heterocycles. The van der Waals surface area contributed by atoms with Gasteiger partial charge in [-0.1, -0.05) is 73.3 Å². The summed E-state index contributed by atoms with van der Waals surface area (Å²) < 4.78 is 21.1. The molecule has 3 aromatic rings. The van der Waals surface area contributed by atoms with E-state index in [4.69, 9.17) is 4.74 Å². The fourth-order valence-electron chi connectivity index (χ4n) is 5.80. The Morgan fingerprint density at radius 1 is 0.900 bits per heavy atom. The number of benzene rings is 3. The van der Waals surface area contributed by atoms with E-state index in [1.807, 2.05) is 42.5 Å². The number of rotatable bonds is 13. The Hall–Kier alpha value is -2.94. The molecule has 0 unspecified atom stereocenters. The minimum absolute atomic E-state index is 0. The summed E-state index contributed by atoms with van der Waals surface area (Å²) in [5.41, 5.74) is 2.29. The maximum absolute atomic E-state index is 14.2. The van der Waals surface area contributed by atoms with Crippen molar-refractivity contribution in [1.29, 1.82) is 0 Å². The molecule has 2 saturated heterocycles. The Balaban J connectivity index is 0.00000338. The van der Waals surface area contributed by atoms with Crippen LogP contribution in [0.3, 0.4) is 0 Å². The third-order valence-corrected chi connectivity index (χ3v) is 8.33. The molecule has 0 saturated carbocycles. The molecule has 50 heavy (non-hydrogen) atoms. The topological polar surface area (TPSA) is 158 Å². The Kier molecular flexibility index (Phi) is 15.8. The molecule has 0 bridgehead atoms. The Morgan fingerprint density at radius 2 is 1.54 bits per heavy atom. The number of ether oxygens (including phenoxy) is 1. The van der Waals surface area contributed by atoms with Crippen LogP contribution in [0.25, 0.3) is 0 Å². The molecule has 2 aliphatic rings. The molecule has 2 fully saturated rings. The molecule has 2 atom stereocenters. The van der Waals surface area contributed by atoms with E-state index in [2.05, 4.69) is 23.0 Å². The zero-order chi connectivity index (χ0) is 34.3. The number of hydrogen-bond donors (Lipinski definition) is 1. The summed E-state index contributed by atoms with van der Waals surface area (Å²) in [6.45, 7) is 8.35. The van der Waals surface area contributed by atoms with Crippen LogP contribution in [0.5, 0.6) is 11.5 Å². The van der Waals surface area contributed by atoms with Gasteiger partial charge in [-0.05, 0) is 41.0 Å². The van der Waals surface area contributed by atoms with Crippen LogP contribution in [0.15, 0.2) is 104 Å². The molecule has 1 N–H and O–H groups in total. The predicted molar refractivity (Wildman–Crippen MR) is 173 cm³/mol. The van der Waals surface area contributed by atoms with Gasteiger partial charge in [-0.25, -0.2) is 14.8 Å². The second kappa shape index (κ2) is 19.1. The number of piperazine rings is 1. The molecule has 5 rings (SSSR count). The normalized spacial score (nSPS) is 17.5. The van der Waals surface area contributed by atoms with Gasteiger partial charge in [-0.3, -0.25) is 9.59 Å². The van der Waals surface area contributed by atoms with Crippen LogP contribution >= 0.6 is 7.82 Å². The Bertz CT molecular complexity index is 1680. The van der Waals surface area contributed by atoms with E-state index in [0.29, 0.717) is 17.9 Å². The second-order valence-corrected chi connectivity index (χ2v) is 12.3. The Labute approximate surface area is 335 Å². The van der Waals surface area contributed by atoms with Gasteiger partial charge in [-0.15, -0.1) is 6.58 Å². The monoisotopic (exact) mass is 719 g/mol. The fraction of sp³-hybridized carbons (Fsp3) is 0.265. The van der Waals surface area contributed by atoms with Crippen molar-refractivity contribution < 1.29 is 97.1 Å². The minimum atomic E-state index is -5.26. The third-order valence-electron chi connectivity index (χ3n) is 7.90. The van der Waals surface area contributed by atoms with E-state index >= 15 is 0 Å². The number of carbonyl (C=O) groups is 3. The van der Waals surface area contributed by atoms with Crippen molar-refractivity contribution in [2.24, 2.45) is 0 Å². The van der Waals surface area contributed by atoms with Crippen LogP contribution in [-0.2, 0) is 33.7 Å². The first-order chi connectivity index (χ1) is 23.1. The molecule has 3 aromatic carbocycles. The first-order valence-electron chi connectivity index (χ1n) is 15.3. The molecule has 0 spiro atoms. The van der Waals surface area contributed by atoms with Crippen molar-refractivity contribution in [2.75, 3.05) is 26.2 Å². The minimum Gasteiger partial charge on any atom is -0.780 e. The van der Waals surface area contributed by atoms with Crippen molar-refractivity contribution >= 4 is 25.7 Å². The number of nitrogens with one attached hydrogen (secondary N) is 1. The maximum atomic E-state index is 14.2. The van der Waals surface area contributed by atoms with Gasteiger partial charge in [0.2, 0.25) is 11.8 Å². The molecule has 0 aliphatic carbocycles. The van der Waals surface area contributed by atoms with E-state index in [9.17, 15) is 28.7 Å². The summed E-state index contributed by atoms with van der Waals surface area (Å²) in [6, 6.07) is 20.9. The number of carbonyl (C=O) groups excluding carboxylic acids is 3. The number of hydrogen-bond acceptors (Lipinski definition) is 9. The summed E-state index contributed by atoms with van der Waals surface area (Å²) in [4.78, 5) is 67.1. The van der Waals surface area contributed by atoms with E-state index in [1.165, 1.54) is 34.2 Å². The summed E-state index contributed by atoms with van der Waals surface area (Å²) in [7, 11) is -5.26. The van der Waals surface area contributed by atoms with Gasteiger partial charge >= 0.3 is 65.1 Å². The van der Waals surface area contributed by atoms with Crippen LogP contribution in [0.1, 0.15) is 16.7 Å². The van der Waals surface area contributed by atoms with Crippen molar-refractivity contribution in [1.82, 2.24) is 25.1 Å². The summed E-state index contributed by atoms with van der Waals surface area (Å²) in [5.74, 6) is -0.186. The molecule has 0 aromatic heterocycles. The van der Waals surface area contributed by atoms with Crippen LogP contribution in [0.4, 0.5) is 4.79 Å². The number of amides is 4. The molecule has 13 nitrogen and oxygen atoms in total. The van der Waals surface area contributed by atoms with Gasteiger partial charge < -0.3 is 38.7 Å². The fourth-order valence-corrected chi connectivity index (χ4v) is 6.18. The standard InChI is InChI=1S/C34H38N5O8P.2Na/c1-3-18-37-24-32(40)38-30(20-25-10-16-29(17-11-25)47-48(43,44)45)33(41)36(22-27-12-14-28(15-13-27)46-19-4-2)23-31(38)39(37)34(42)35-21-26-8-6-5-7-9-26;;/h3-17,30-31H,1-2,18-24H2,(H,35,42)(H2,43,44,45);;/q;2*+1/p-2/t30-,31-;;/m0../s1. The number of fused-ring (bicyclic) bond motifs is 1. The number of nitrogens with zero attached hydrogens (tertiary/aromatic N) is 4. The van der Waals surface area contributed by atoms with Gasteiger partial charge in [0.15, 0.2) is 0 Å². The van der Waals surface area contributed by atoms with E-state index in [-0.39, 0.29) is 116 Å². The molecule has 2 aliphatic heterocycles. The Morgan fingerprint density at radius 3 is 2.16 bits per heavy atom. The van der Waals surface area contributed by atoms with Gasteiger partial charge in [0.1, 0.15) is 38.1 Å². The van der Waals surface area contributed by atoms with Crippen LogP contribution in [-0.4, -0.2) is 76.1 Å². The van der Waals surface area contributed by atoms with Crippen molar-refractivity contribution in [3.63, 3.8) is 0 Å². The zero-order valence-electron chi connectivity index (χ0n) is 28.2. The summed E-state index contributed by atoms with van der Waals surface area (Å²) >= 11 is 0. The van der Waals surface area contributed by atoms with Crippen LogP contribution in [0.2, 0.25) is 0 Å². The quantitative estimate of drug-likeness (QED) is 0.106. The first kappa shape index (κ1) is 41.5. The second-order valence-electron chi connectivity index (χ2n) is 11.3. The SMILES string of the molecule is C=CCOc1ccc(CN2C[C@H]3N(C(=O)CN(CC=C)N3C(=O)NCc3ccccc3)[C@@H](Cc3ccc(OP(=O)([O-])[O-])cc3)C2=O)cc1.[Na+].[Na+]. The molecular weight excluding hydrogens is 683 g/mol. The van der Waals surface area contributed by atoms with Gasteiger partial charge in [0, 0.05) is 26.1 Å². The largest absolute Gasteiger partial charge is 1.00 e. The van der Waals surface area contributed by atoms with E-state index in [0.717, 1.165) is 11.1 Å². The summed E-state index contributed by atoms with van der Waals surface area (Å²) in [5, 5.41) is 6.06. The number of urea groups is 1. The number of phosphoric acid groups is 1. The van der Waals surface area contributed by atoms with Crippen molar-refractivity contribution in [3.8, 4) is 11.5 Å². The molecule has 4 amide bonds. The van der Waals surface area contributed by atoms with Gasteiger partial charge in [-0.2, -0.15) is 0 Å². The van der Waals surface area contributed by atoms with Gasteiger partial charge in [0.05, 0.1) is 13.1 Å². The van der Waals surface area contributed by atoms with E-state index in [1.54, 1.807) is 34.2 Å².